The molecule has 0 aliphatic carbocycles. The molecule has 0 aromatic heterocycles. The lowest BCUT2D eigenvalue weighted by atomic mass is 9.98. The second kappa shape index (κ2) is 9.70. The Morgan fingerprint density at radius 1 is 0.829 bits per heavy atom. The summed E-state index contributed by atoms with van der Waals surface area (Å²) in [6, 6.07) is 6.76. The highest BCUT2D eigenvalue weighted by Gasteiger charge is 2.62. The number of ether oxygens (including phenoxy) is 6. The van der Waals surface area contributed by atoms with Gasteiger partial charge in [0, 0.05) is 5.69 Å². The highest BCUT2D eigenvalue weighted by molar-refractivity contribution is 5.95. The SMILES string of the molecule is COc1ccc(NC(=O)CNC(=O)CNC(=O)C2OC3OC(C)(C)OC3C3OC(C)(C)OC23)cc1. The van der Waals surface area contributed by atoms with E-state index in [9.17, 15) is 14.4 Å². The summed E-state index contributed by atoms with van der Waals surface area (Å²) in [6.07, 6.45) is -3.80. The van der Waals surface area contributed by atoms with Crippen molar-refractivity contribution in [1.29, 1.82) is 0 Å². The summed E-state index contributed by atoms with van der Waals surface area (Å²) in [5.74, 6) is -2.72. The average molecular weight is 494 g/mol. The van der Waals surface area contributed by atoms with Crippen LogP contribution in [0.5, 0.6) is 5.75 Å². The minimum absolute atomic E-state index is 0.263. The maximum absolute atomic E-state index is 12.9. The van der Waals surface area contributed by atoms with Crippen molar-refractivity contribution in [2.24, 2.45) is 0 Å². The molecule has 12 nitrogen and oxygen atoms in total. The second-order valence-corrected chi connectivity index (χ2v) is 9.36. The van der Waals surface area contributed by atoms with E-state index in [4.69, 9.17) is 28.4 Å². The fourth-order valence-corrected chi connectivity index (χ4v) is 4.21. The zero-order valence-electron chi connectivity index (χ0n) is 20.3. The lowest BCUT2D eigenvalue weighted by molar-refractivity contribution is -0.231. The Morgan fingerprint density at radius 3 is 2.11 bits per heavy atom. The molecule has 3 N–H and O–H groups in total. The summed E-state index contributed by atoms with van der Waals surface area (Å²) in [6.45, 7) is 6.35. The van der Waals surface area contributed by atoms with E-state index in [0.717, 1.165) is 0 Å². The van der Waals surface area contributed by atoms with Crippen molar-refractivity contribution in [1.82, 2.24) is 10.6 Å². The molecule has 4 rings (SSSR count). The van der Waals surface area contributed by atoms with E-state index >= 15 is 0 Å². The first kappa shape index (κ1) is 25.3. The Morgan fingerprint density at radius 2 is 1.43 bits per heavy atom. The molecule has 0 saturated carbocycles. The Hall–Kier alpha value is -2.77. The molecule has 3 fully saturated rings. The molecular weight excluding hydrogens is 462 g/mol. The fraction of sp³-hybridized carbons (Fsp3) is 0.609. The predicted octanol–water partition coefficient (Wildman–Crippen LogP) is 0.263. The minimum atomic E-state index is -1.08. The molecule has 12 heteroatoms. The summed E-state index contributed by atoms with van der Waals surface area (Å²) in [5.41, 5.74) is 0.559. The summed E-state index contributed by atoms with van der Waals surface area (Å²) in [7, 11) is 1.55. The molecule has 3 heterocycles. The van der Waals surface area contributed by atoms with Gasteiger partial charge in [0.25, 0.3) is 5.91 Å². The summed E-state index contributed by atoms with van der Waals surface area (Å²) in [4.78, 5) is 37.2. The van der Waals surface area contributed by atoms with Crippen LogP contribution in [-0.4, -0.2) is 80.2 Å². The summed E-state index contributed by atoms with van der Waals surface area (Å²) < 4.78 is 34.5. The number of carbonyl (C=O) groups excluding carboxylic acids is 3. The van der Waals surface area contributed by atoms with Crippen molar-refractivity contribution in [3.05, 3.63) is 24.3 Å². The Balaban J connectivity index is 1.27. The topological polar surface area (TPSA) is 143 Å². The number of hydrogen-bond donors (Lipinski definition) is 3. The first-order valence-corrected chi connectivity index (χ1v) is 11.3. The van der Waals surface area contributed by atoms with Crippen molar-refractivity contribution >= 4 is 23.4 Å². The molecular formula is C23H31N3O9. The standard InChI is InChI=1S/C23H31N3O9/c1-22(2)32-16-17(33-22)19-21(35-23(3,4)34-19)31-18(16)20(29)25-10-14(27)24-11-15(28)26-12-6-8-13(30-5)9-7-12/h6-9,16-19,21H,10-11H2,1-5H3,(H,24,27)(H,25,29)(H,26,28). The normalized spacial score (nSPS) is 30.0. The fourth-order valence-electron chi connectivity index (χ4n) is 4.21. The van der Waals surface area contributed by atoms with Gasteiger partial charge in [-0.15, -0.1) is 0 Å². The Bertz CT molecular complexity index is 965. The monoisotopic (exact) mass is 493 g/mol. The van der Waals surface area contributed by atoms with Gasteiger partial charge in [-0.2, -0.15) is 0 Å². The number of benzene rings is 1. The molecule has 3 amide bonds. The molecule has 3 aliphatic rings. The van der Waals surface area contributed by atoms with Crippen LogP contribution < -0.4 is 20.7 Å². The van der Waals surface area contributed by atoms with Crippen molar-refractivity contribution < 1.29 is 42.8 Å². The van der Waals surface area contributed by atoms with Gasteiger partial charge < -0.3 is 44.4 Å². The molecule has 5 unspecified atom stereocenters. The van der Waals surface area contributed by atoms with Crippen LogP contribution >= 0.6 is 0 Å². The van der Waals surface area contributed by atoms with Crippen LogP contribution in [0.1, 0.15) is 27.7 Å². The van der Waals surface area contributed by atoms with E-state index in [1.807, 2.05) is 0 Å². The van der Waals surface area contributed by atoms with Crippen molar-refractivity contribution in [2.75, 3.05) is 25.5 Å². The van der Waals surface area contributed by atoms with E-state index in [2.05, 4.69) is 16.0 Å². The van der Waals surface area contributed by atoms with Crippen molar-refractivity contribution in [3.8, 4) is 5.75 Å². The highest BCUT2D eigenvalue weighted by Crippen LogP contribution is 2.44. The molecule has 3 aliphatic heterocycles. The van der Waals surface area contributed by atoms with Crippen LogP contribution in [0, 0.1) is 0 Å². The zero-order valence-corrected chi connectivity index (χ0v) is 20.3. The molecule has 1 aromatic carbocycles. The van der Waals surface area contributed by atoms with E-state index in [0.29, 0.717) is 11.4 Å². The number of anilines is 1. The number of amides is 3. The number of nitrogens with one attached hydrogen (secondary N) is 3. The summed E-state index contributed by atoms with van der Waals surface area (Å²) >= 11 is 0. The average Bonchev–Trinajstić information content (AvgIpc) is 3.29. The van der Waals surface area contributed by atoms with Gasteiger partial charge >= 0.3 is 0 Å². The molecule has 192 valence electrons. The van der Waals surface area contributed by atoms with E-state index in [1.165, 1.54) is 0 Å². The summed E-state index contributed by atoms with van der Waals surface area (Å²) in [5, 5.41) is 7.64. The number of hydrogen-bond acceptors (Lipinski definition) is 9. The number of methoxy groups -OCH3 is 1. The van der Waals surface area contributed by atoms with Crippen molar-refractivity contribution in [3.63, 3.8) is 0 Å². The molecule has 35 heavy (non-hydrogen) atoms. The highest BCUT2D eigenvalue weighted by atomic mass is 16.9. The maximum atomic E-state index is 12.9. The van der Waals surface area contributed by atoms with Crippen molar-refractivity contribution in [2.45, 2.75) is 70.0 Å². The van der Waals surface area contributed by atoms with Crippen LogP contribution in [0.25, 0.3) is 0 Å². The number of fused-ring (bicyclic) bond motifs is 3. The lowest BCUT2D eigenvalue weighted by Gasteiger charge is -2.36. The third-order valence-electron chi connectivity index (χ3n) is 5.66. The first-order chi connectivity index (χ1) is 16.5. The van der Waals surface area contributed by atoms with Gasteiger partial charge in [0.2, 0.25) is 11.8 Å². The third-order valence-corrected chi connectivity index (χ3v) is 5.66. The van der Waals surface area contributed by atoms with Gasteiger partial charge in [-0.3, -0.25) is 14.4 Å². The van der Waals surface area contributed by atoms with Gasteiger partial charge in [-0.25, -0.2) is 0 Å². The molecule has 1 aromatic rings. The van der Waals surface area contributed by atoms with E-state index < -0.39 is 60.0 Å². The quantitative estimate of drug-likeness (QED) is 0.487. The zero-order chi connectivity index (χ0) is 25.4. The minimum Gasteiger partial charge on any atom is -0.497 e. The van der Waals surface area contributed by atoms with Gasteiger partial charge in [0.15, 0.2) is 24.0 Å². The maximum Gasteiger partial charge on any atom is 0.252 e. The van der Waals surface area contributed by atoms with Gasteiger partial charge in [-0.1, -0.05) is 0 Å². The smallest absolute Gasteiger partial charge is 0.252 e. The third kappa shape index (κ3) is 5.90. The number of rotatable bonds is 7. The van der Waals surface area contributed by atoms with Gasteiger partial charge in [-0.05, 0) is 52.0 Å². The van der Waals surface area contributed by atoms with Crippen LogP contribution in [0.4, 0.5) is 5.69 Å². The predicted molar refractivity (Wildman–Crippen MR) is 120 cm³/mol. The van der Waals surface area contributed by atoms with Crippen LogP contribution in [-0.2, 0) is 38.1 Å². The lowest BCUT2D eigenvalue weighted by Crippen LogP contribution is -2.60. The Labute approximate surface area is 202 Å². The first-order valence-electron chi connectivity index (χ1n) is 11.3. The molecule has 0 bridgehead atoms. The van der Waals surface area contributed by atoms with Gasteiger partial charge in [0.05, 0.1) is 20.2 Å². The molecule has 5 atom stereocenters. The van der Waals surface area contributed by atoms with Crippen LogP contribution in [0.3, 0.4) is 0 Å². The molecule has 3 saturated heterocycles. The van der Waals surface area contributed by atoms with E-state index in [1.54, 1.807) is 59.1 Å². The van der Waals surface area contributed by atoms with E-state index in [-0.39, 0.29) is 13.1 Å². The second-order valence-electron chi connectivity index (χ2n) is 9.36. The Kier molecular flexibility index (Phi) is 7.02. The van der Waals surface area contributed by atoms with Gasteiger partial charge in [0.1, 0.15) is 24.1 Å². The molecule has 0 radical (unpaired) electrons. The number of carbonyl (C=O) groups is 3. The van der Waals surface area contributed by atoms with Crippen LogP contribution in [0.15, 0.2) is 24.3 Å². The molecule has 0 spiro atoms. The largest absolute Gasteiger partial charge is 0.497 e. The van der Waals surface area contributed by atoms with Crippen LogP contribution in [0.2, 0.25) is 0 Å².